The van der Waals surface area contributed by atoms with Gasteiger partial charge in [-0.1, -0.05) is 18.2 Å². The minimum atomic E-state index is 0. The first-order valence-electron chi connectivity index (χ1n) is 8.42. The summed E-state index contributed by atoms with van der Waals surface area (Å²) in [7, 11) is 3.24. The molecule has 6 nitrogen and oxygen atoms in total. The van der Waals surface area contributed by atoms with Gasteiger partial charge in [0, 0.05) is 13.1 Å². The van der Waals surface area contributed by atoms with Crippen molar-refractivity contribution in [3.63, 3.8) is 0 Å². The second-order valence-corrected chi connectivity index (χ2v) is 5.55. The molecule has 0 unspecified atom stereocenters. The minimum absolute atomic E-state index is 0. The van der Waals surface area contributed by atoms with Gasteiger partial charge < -0.3 is 20.1 Å². The molecule has 0 saturated carbocycles. The van der Waals surface area contributed by atoms with Gasteiger partial charge in [0.2, 0.25) is 0 Å². The SMILES string of the molecule is CCNC(=NCc1cccc(C#N)c1)NCc1ccc(OC)c(OC)c1.I. The van der Waals surface area contributed by atoms with Gasteiger partial charge in [0.25, 0.3) is 0 Å². The summed E-state index contributed by atoms with van der Waals surface area (Å²) in [6.45, 7) is 3.88. The number of nitrogens with one attached hydrogen (secondary N) is 2. The zero-order valence-electron chi connectivity index (χ0n) is 15.8. The quantitative estimate of drug-likeness (QED) is 0.361. The molecule has 0 aliphatic carbocycles. The van der Waals surface area contributed by atoms with Gasteiger partial charge in [-0.25, -0.2) is 4.99 Å². The molecular weight excluding hydrogens is 455 g/mol. The molecule has 27 heavy (non-hydrogen) atoms. The Morgan fingerprint density at radius 3 is 2.48 bits per heavy atom. The highest BCUT2D eigenvalue weighted by Gasteiger charge is 2.05. The second-order valence-electron chi connectivity index (χ2n) is 5.55. The number of ether oxygens (including phenoxy) is 2. The van der Waals surface area contributed by atoms with Crippen LogP contribution in [-0.4, -0.2) is 26.7 Å². The molecule has 0 aliphatic rings. The molecule has 0 amide bonds. The van der Waals surface area contributed by atoms with Gasteiger partial charge in [0.05, 0.1) is 32.4 Å². The fourth-order valence-electron chi connectivity index (χ4n) is 2.43. The predicted octanol–water partition coefficient (Wildman–Crippen LogP) is 3.45. The van der Waals surface area contributed by atoms with E-state index < -0.39 is 0 Å². The van der Waals surface area contributed by atoms with Crippen molar-refractivity contribution < 1.29 is 9.47 Å². The van der Waals surface area contributed by atoms with Crippen LogP contribution in [0.2, 0.25) is 0 Å². The van der Waals surface area contributed by atoms with Crippen LogP contribution in [0.4, 0.5) is 0 Å². The van der Waals surface area contributed by atoms with E-state index in [1.165, 1.54) is 0 Å². The number of nitrogens with zero attached hydrogens (tertiary/aromatic N) is 2. The number of guanidine groups is 1. The van der Waals surface area contributed by atoms with Crippen molar-refractivity contribution in [2.45, 2.75) is 20.0 Å². The third-order valence-electron chi connectivity index (χ3n) is 3.73. The summed E-state index contributed by atoms with van der Waals surface area (Å²) in [6.07, 6.45) is 0. The topological polar surface area (TPSA) is 78.7 Å². The zero-order valence-corrected chi connectivity index (χ0v) is 18.1. The molecule has 2 rings (SSSR count). The van der Waals surface area contributed by atoms with E-state index in [1.54, 1.807) is 20.3 Å². The zero-order chi connectivity index (χ0) is 18.8. The monoisotopic (exact) mass is 480 g/mol. The summed E-state index contributed by atoms with van der Waals surface area (Å²) < 4.78 is 10.6. The normalized spacial score (nSPS) is 10.4. The van der Waals surface area contributed by atoms with E-state index in [9.17, 15) is 0 Å². The molecule has 2 N–H and O–H groups in total. The number of halogens is 1. The maximum atomic E-state index is 8.98. The lowest BCUT2D eigenvalue weighted by molar-refractivity contribution is 0.354. The van der Waals surface area contributed by atoms with Crippen molar-refractivity contribution in [1.29, 1.82) is 5.26 Å². The first-order valence-corrected chi connectivity index (χ1v) is 8.42. The third-order valence-corrected chi connectivity index (χ3v) is 3.73. The molecule has 0 bridgehead atoms. The van der Waals surface area contributed by atoms with Crippen LogP contribution in [-0.2, 0) is 13.1 Å². The highest BCUT2D eigenvalue weighted by molar-refractivity contribution is 14.0. The first kappa shape index (κ1) is 22.6. The number of rotatable bonds is 7. The first-order chi connectivity index (χ1) is 12.7. The Kier molecular flexibility index (Phi) is 10.0. The molecule has 0 heterocycles. The molecule has 144 valence electrons. The van der Waals surface area contributed by atoms with Gasteiger partial charge in [-0.3, -0.25) is 0 Å². The van der Waals surface area contributed by atoms with Crippen molar-refractivity contribution in [1.82, 2.24) is 10.6 Å². The minimum Gasteiger partial charge on any atom is -0.493 e. The molecule has 0 aromatic heterocycles. The third kappa shape index (κ3) is 6.98. The number of methoxy groups -OCH3 is 2. The maximum absolute atomic E-state index is 8.98. The Labute approximate surface area is 177 Å². The van der Waals surface area contributed by atoms with Crippen LogP contribution in [0.3, 0.4) is 0 Å². The number of aliphatic imine (C=N–C) groups is 1. The van der Waals surface area contributed by atoms with Crippen LogP contribution in [0.15, 0.2) is 47.5 Å². The van der Waals surface area contributed by atoms with Crippen LogP contribution in [0.1, 0.15) is 23.6 Å². The second kappa shape index (κ2) is 12.0. The standard InChI is InChI=1S/C20H24N4O2.HI/c1-4-22-20(23-13-16-7-5-6-15(10-16)12-21)24-14-17-8-9-18(25-2)19(11-17)26-3;/h5-11H,4,13-14H2,1-3H3,(H2,22,23,24);1H. The Balaban J connectivity index is 0.00000364. The van der Waals surface area contributed by atoms with Crippen molar-refractivity contribution in [3.05, 3.63) is 59.2 Å². The molecule has 0 atom stereocenters. The fraction of sp³-hybridized carbons (Fsp3) is 0.300. The van der Waals surface area contributed by atoms with Gasteiger partial charge in [-0.15, -0.1) is 24.0 Å². The number of benzene rings is 2. The number of hydrogen-bond acceptors (Lipinski definition) is 4. The van der Waals surface area contributed by atoms with Crippen molar-refractivity contribution in [2.75, 3.05) is 20.8 Å². The molecule has 0 saturated heterocycles. The fourth-order valence-corrected chi connectivity index (χ4v) is 2.43. The summed E-state index contributed by atoms with van der Waals surface area (Å²) in [5.41, 5.74) is 2.69. The van der Waals surface area contributed by atoms with Crippen molar-refractivity contribution >= 4 is 29.9 Å². The van der Waals surface area contributed by atoms with Crippen LogP contribution in [0.5, 0.6) is 11.5 Å². The molecule has 2 aromatic carbocycles. The lowest BCUT2D eigenvalue weighted by Gasteiger charge is -2.13. The summed E-state index contributed by atoms with van der Waals surface area (Å²) in [5.74, 6) is 2.11. The van der Waals surface area contributed by atoms with Gasteiger partial charge in [0.1, 0.15) is 0 Å². The Morgan fingerprint density at radius 1 is 1.04 bits per heavy atom. The largest absolute Gasteiger partial charge is 0.493 e. The van der Waals surface area contributed by atoms with Crippen LogP contribution in [0.25, 0.3) is 0 Å². The number of nitriles is 1. The van der Waals surface area contributed by atoms with Crippen LogP contribution in [0, 0.1) is 11.3 Å². The Bertz CT molecular complexity index is 803. The smallest absolute Gasteiger partial charge is 0.191 e. The molecule has 0 fully saturated rings. The van der Waals surface area contributed by atoms with E-state index >= 15 is 0 Å². The van der Waals surface area contributed by atoms with E-state index in [1.807, 2.05) is 43.3 Å². The van der Waals surface area contributed by atoms with E-state index in [0.29, 0.717) is 36.1 Å². The lowest BCUT2D eigenvalue weighted by Crippen LogP contribution is -2.36. The Hall–Kier alpha value is -2.47. The summed E-state index contributed by atoms with van der Waals surface area (Å²) in [6, 6.07) is 15.4. The molecule has 7 heteroatoms. The molecule has 2 aromatic rings. The van der Waals surface area contributed by atoms with E-state index in [4.69, 9.17) is 14.7 Å². The average molecular weight is 480 g/mol. The van der Waals surface area contributed by atoms with Gasteiger partial charge >= 0.3 is 0 Å². The molecule has 0 aliphatic heterocycles. The average Bonchev–Trinajstić information content (AvgIpc) is 2.69. The molecule has 0 spiro atoms. The van der Waals surface area contributed by atoms with E-state index in [2.05, 4.69) is 21.7 Å². The summed E-state index contributed by atoms with van der Waals surface area (Å²) >= 11 is 0. The Morgan fingerprint density at radius 2 is 1.81 bits per heavy atom. The van der Waals surface area contributed by atoms with E-state index in [-0.39, 0.29) is 24.0 Å². The maximum Gasteiger partial charge on any atom is 0.191 e. The van der Waals surface area contributed by atoms with Crippen molar-refractivity contribution in [2.24, 2.45) is 4.99 Å². The summed E-state index contributed by atoms with van der Waals surface area (Å²) in [4.78, 5) is 4.58. The van der Waals surface area contributed by atoms with Gasteiger partial charge in [-0.05, 0) is 42.3 Å². The van der Waals surface area contributed by atoms with Crippen LogP contribution < -0.4 is 20.1 Å². The number of hydrogen-bond donors (Lipinski definition) is 2. The highest BCUT2D eigenvalue weighted by Crippen LogP contribution is 2.27. The lowest BCUT2D eigenvalue weighted by atomic mass is 10.1. The molecule has 0 radical (unpaired) electrons. The van der Waals surface area contributed by atoms with Gasteiger partial charge in [0.15, 0.2) is 17.5 Å². The molecular formula is C20H25IN4O2. The van der Waals surface area contributed by atoms with Gasteiger partial charge in [-0.2, -0.15) is 5.26 Å². The van der Waals surface area contributed by atoms with Crippen LogP contribution >= 0.6 is 24.0 Å². The highest BCUT2D eigenvalue weighted by atomic mass is 127. The summed E-state index contributed by atoms with van der Waals surface area (Å²) in [5, 5.41) is 15.5. The van der Waals surface area contributed by atoms with E-state index in [0.717, 1.165) is 17.7 Å². The van der Waals surface area contributed by atoms with Crippen molar-refractivity contribution in [3.8, 4) is 17.6 Å². The predicted molar refractivity (Wildman–Crippen MR) is 118 cm³/mol.